The summed E-state index contributed by atoms with van der Waals surface area (Å²) in [6.07, 6.45) is 5.10. The van der Waals surface area contributed by atoms with Crippen molar-refractivity contribution in [2.45, 2.75) is 13.1 Å². The number of anilines is 1. The molecule has 1 amide bonds. The molecule has 0 unspecified atom stereocenters. The third kappa shape index (κ3) is 4.57. The number of benzene rings is 1. The number of carbonyl (C=O) groups excluding carboxylic acids is 1. The van der Waals surface area contributed by atoms with Gasteiger partial charge in [0.2, 0.25) is 0 Å². The van der Waals surface area contributed by atoms with Gasteiger partial charge in [-0.1, -0.05) is 18.2 Å². The molecule has 0 saturated carbocycles. The van der Waals surface area contributed by atoms with E-state index in [-0.39, 0.29) is 5.91 Å². The number of hydrogen-bond donors (Lipinski definition) is 2. The van der Waals surface area contributed by atoms with Crippen molar-refractivity contribution in [2.24, 2.45) is 0 Å². The van der Waals surface area contributed by atoms with E-state index in [4.69, 9.17) is 4.74 Å². The second-order valence-electron chi connectivity index (χ2n) is 5.63. The normalized spacial score (nSPS) is 10.2. The van der Waals surface area contributed by atoms with Crippen LogP contribution < -0.4 is 15.4 Å². The smallest absolute Gasteiger partial charge is 0.251 e. The van der Waals surface area contributed by atoms with E-state index in [1.54, 1.807) is 37.8 Å². The molecule has 0 bridgehead atoms. The van der Waals surface area contributed by atoms with Gasteiger partial charge in [-0.2, -0.15) is 0 Å². The molecule has 6 nitrogen and oxygen atoms in total. The van der Waals surface area contributed by atoms with Crippen LogP contribution >= 0.6 is 0 Å². The predicted octanol–water partition coefficient (Wildman–Crippen LogP) is 3.03. The fourth-order valence-corrected chi connectivity index (χ4v) is 2.49. The van der Waals surface area contributed by atoms with Crippen LogP contribution in [-0.2, 0) is 13.1 Å². The van der Waals surface area contributed by atoms with E-state index in [0.29, 0.717) is 24.5 Å². The molecule has 0 aliphatic carbocycles. The molecule has 0 fully saturated rings. The first kappa shape index (κ1) is 17.4. The van der Waals surface area contributed by atoms with Gasteiger partial charge in [-0.05, 0) is 35.9 Å². The number of pyridine rings is 2. The van der Waals surface area contributed by atoms with Gasteiger partial charge < -0.3 is 15.4 Å². The number of amides is 1. The third-order valence-corrected chi connectivity index (χ3v) is 3.88. The molecule has 0 radical (unpaired) electrons. The molecule has 0 saturated heterocycles. The standard InChI is InChI=1S/C20H20N4O2/c1-26-18-5-3-2-4-17(18)14-24-20(25)16-8-11-22-19(12-16)23-13-15-6-9-21-10-7-15/h2-12H,13-14H2,1H3,(H,22,23)(H,24,25). The Bertz CT molecular complexity index is 868. The SMILES string of the molecule is COc1ccccc1CNC(=O)c1ccnc(NCc2ccncc2)c1. The lowest BCUT2D eigenvalue weighted by Crippen LogP contribution is -2.23. The number of ether oxygens (including phenoxy) is 1. The molecule has 0 spiro atoms. The fourth-order valence-electron chi connectivity index (χ4n) is 2.49. The van der Waals surface area contributed by atoms with Crippen molar-refractivity contribution in [3.63, 3.8) is 0 Å². The van der Waals surface area contributed by atoms with Crippen LogP contribution in [0.25, 0.3) is 0 Å². The molecule has 3 aromatic rings. The Morgan fingerprint density at radius 1 is 1.04 bits per heavy atom. The Balaban J connectivity index is 1.61. The molecule has 2 N–H and O–H groups in total. The second-order valence-corrected chi connectivity index (χ2v) is 5.63. The molecule has 0 aliphatic heterocycles. The van der Waals surface area contributed by atoms with Crippen molar-refractivity contribution in [2.75, 3.05) is 12.4 Å². The van der Waals surface area contributed by atoms with Crippen LogP contribution in [0.15, 0.2) is 67.1 Å². The summed E-state index contributed by atoms with van der Waals surface area (Å²) in [5, 5.41) is 6.12. The highest BCUT2D eigenvalue weighted by molar-refractivity contribution is 5.94. The van der Waals surface area contributed by atoms with Crippen molar-refractivity contribution in [1.29, 1.82) is 0 Å². The van der Waals surface area contributed by atoms with Crippen LogP contribution in [0.5, 0.6) is 5.75 Å². The highest BCUT2D eigenvalue weighted by Crippen LogP contribution is 2.17. The summed E-state index contributed by atoms with van der Waals surface area (Å²) in [7, 11) is 1.62. The van der Waals surface area contributed by atoms with E-state index in [1.165, 1.54) is 0 Å². The number of rotatable bonds is 7. The van der Waals surface area contributed by atoms with E-state index < -0.39 is 0 Å². The van der Waals surface area contributed by atoms with Crippen LogP contribution in [0.2, 0.25) is 0 Å². The summed E-state index contributed by atoms with van der Waals surface area (Å²) in [6.45, 7) is 1.01. The fraction of sp³-hybridized carbons (Fsp3) is 0.150. The lowest BCUT2D eigenvalue weighted by atomic mass is 10.2. The van der Waals surface area contributed by atoms with E-state index >= 15 is 0 Å². The Kier molecular flexibility index (Phi) is 5.77. The van der Waals surface area contributed by atoms with Crippen LogP contribution in [0, 0.1) is 0 Å². The van der Waals surface area contributed by atoms with Gasteiger partial charge in [0, 0.05) is 42.8 Å². The summed E-state index contributed by atoms with van der Waals surface area (Å²) < 4.78 is 5.30. The van der Waals surface area contributed by atoms with Crippen molar-refractivity contribution in [3.05, 3.63) is 83.8 Å². The highest BCUT2D eigenvalue weighted by Gasteiger charge is 2.08. The Morgan fingerprint density at radius 2 is 1.85 bits per heavy atom. The van der Waals surface area contributed by atoms with Crippen LogP contribution in [0.3, 0.4) is 0 Å². The molecule has 132 valence electrons. The summed E-state index contributed by atoms with van der Waals surface area (Å²) in [5.74, 6) is 1.24. The summed E-state index contributed by atoms with van der Waals surface area (Å²) in [5.41, 5.74) is 2.56. The van der Waals surface area contributed by atoms with Gasteiger partial charge in [-0.3, -0.25) is 9.78 Å². The molecule has 2 aromatic heterocycles. The van der Waals surface area contributed by atoms with Crippen LogP contribution in [0.1, 0.15) is 21.5 Å². The molecule has 26 heavy (non-hydrogen) atoms. The number of nitrogens with one attached hydrogen (secondary N) is 2. The monoisotopic (exact) mass is 348 g/mol. The summed E-state index contributed by atoms with van der Waals surface area (Å²) in [6, 6.07) is 14.9. The van der Waals surface area contributed by atoms with Gasteiger partial charge in [-0.25, -0.2) is 4.98 Å². The number of aromatic nitrogens is 2. The molecule has 6 heteroatoms. The number of para-hydroxylation sites is 1. The third-order valence-electron chi connectivity index (χ3n) is 3.88. The topological polar surface area (TPSA) is 76.1 Å². The van der Waals surface area contributed by atoms with Crippen molar-refractivity contribution in [3.8, 4) is 5.75 Å². The Morgan fingerprint density at radius 3 is 2.65 bits per heavy atom. The molecular formula is C20H20N4O2. The van der Waals surface area contributed by atoms with Gasteiger partial charge in [0.15, 0.2) is 0 Å². The lowest BCUT2D eigenvalue weighted by molar-refractivity contribution is 0.0950. The average molecular weight is 348 g/mol. The van der Waals surface area contributed by atoms with E-state index in [2.05, 4.69) is 20.6 Å². The highest BCUT2D eigenvalue weighted by atomic mass is 16.5. The molecule has 1 aromatic carbocycles. The molecule has 0 atom stereocenters. The van der Waals surface area contributed by atoms with E-state index in [9.17, 15) is 4.79 Å². The van der Waals surface area contributed by atoms with E-state index in [1.807, 2.05) is 36.4 Å². The number of methoxy groups -OCH3 is 1. The van der Waals surface area contributed by atoms with Gasteiger partial charge in [-0.15, -0.1) is 0 Å². The zero-order valence-electron chi connectivity index (χ0n) is 14.5. The largest absolute Gasteiger partial charge is 0.496 e. The first-order valence-electron chi connectivity index (χ1n) is 8.25. The first-order chi connectivity index (χ1) is 12.8. The van der Waals surface area contributed by atoms with Gasteiger partial charge in [0.25, 0.3) is 5.91 Å². The maximum Gasteiger partial charge on any atom is 0.251 e. The number of nitrogens with zero attached hydrogens (tertiary/aromatic N) is 2. The zero-order chi connectivity index (χ0) is 18.2. The van der Waals surface area contributed by atoms with Gasteiger partial charge in [0.05, 0.1) is 7.11 Å². The second kappa shape index (κ2) is 8.62. The maximum absolute atomic E-state index is 12.4. The first-order valence-corrected chi connectivity index (χ1v) is 8.25. The minimum Gasteiger partial charge on any atom is -0.496 e. The van der Waals surface area contributed by atoms with Crippen LogP contribution in [0.4, 0.5) is 5.82 Å². The zero-order valence-corrected chi connectivity index (χ0v) is 14.5. The number of hydrogen-bond acceptors (Lipinski definition) is 5. The van der Waals surface area contributed by atoms with Crippen molar-refractivity contribution in [1.82, 2.24) is 15.3 Å². The Labute approximate surface area is 152 Å². The lowest BCUT2D eigenvalue weighted by Gasteiger charge is -2.10. The maximum atomic E-state index is 12.4. The minimum absolute atomic E-state index is 0.162. The minimum atomic E-state index is -0.162. The summed E-state index contributed by atoms with van der Waals surface area (Å²) in [4.78, 5) is 20.7. The Hall–Kier alpha value is -3.41. The molecular weight excluding hydrogens is 328 g/mol. The van der Waals surface area contributed by atoms with Gasteiger partial charge in [0.1, 0.15) is 11.6 Å². The van der Waals surface area contributed by atoms with Gasteiger partial charge >= 0.3 is 0 Å². The van der Waals surface area contributed by atoms with E-state index in [0.717, 1.165) is 16.9 Å². The van der Waals surface area contributed by atoms with Crippen molar-refractivity contribution >= 4 is 11.7 Å². The van der Waals surface area contributed by atoms with Crippen molar-refractivity contribution < 1.29 is 9.53 Å². The van der Waals surface area contributed by atoms with Crippen LogP contribution in [-0.4, -0.2) is 23.0 Å². The molecule has 2 heterocycles. The summed E-state index contributed by atoms with van der Waals surface area (Å²) >= 11 is 0. The number of carbonyl (C=O) groups is 1. The molecule has 3 rings (SSSR count). The quantitative estimate of drug-likeness (QED) is 0.686. The predicted molar refractivity (Wildman–Crippen MR) is 100.0 cm³/mol. The average Bonchev–Trinajstić information content (AvgIpc) is 2.71. The molecule has 0 aliphatic rings.